The molecule has 0 aliphatic carbocycles. The molecule has 1 heteroatoms. The van der Waals surface area contributed by atoms with Gasteiger partial charge in [0.25, 0.3) is 0 Å². The Morgan fingerprint density at radius 1 is 0.917 bits per heavy atom. The van der Waals surface area contributed by atoms with Crippen LogP contribution in [0.3, 0.4) is 0 Å². The van der Waals surface area contributed by atoms with Gasteiger partial charge in [-0.3, -0.25) is 0 Å². The fourth-order valence-corrected chi connectivity index (χ4v) is 2.24. The molecule has 5 atom stereocenters. The summed E-state index contributed by atoms with van der Waals surface area (Å²) in [5, 5.41) is 0. The van der Waals surface area contributed by atoms with Crippen LogP contribution in [0.15, 0.2) is 0 Å². The Labute approximate surface area is 76.5 Å². The molecule has 0 saturated carbocycles. The molecule has 0 spiro atoms. The summed E-state index contributed by atoms with van der Waals surface area (Å²) in [5.41, 5.74) is 0. The standard InChI is InChI=1S/C11H22O/c1-6-11-9(4)7(2)8(3)10(5)12-11/h7-11H,6H2,1-5H3/t7-,8?,9+,10?,11?/m0/s1. The average molecular weight is 170 g/mol. The molecule has 0 aromatic carbocycles. The van der Waals surface area contributed by atoms with Gasteiger partial charge in [-0.05, 0) is 31.1 Å². The maximum atomic E-state index is 5.93. The van der Waals surface area contributed by atoms with Crippen molar-refractivity contribution in [3.63, 3.8) is 0 Å². The first-order valence-electron chi connectivity index (χ1n) is 5.23. The van der Waals surface area contributed by atoms with Crippen LogP contribution in [-0.2, 0) is 4.74 Å². The van der Waals surface area contributed by atoms with E-state index in [1.807, 2.05) is 0 Å². The van der Waals surface area contributed by atoms with Crippen LogP contribution in [-0.4, -0.2) is 12.2 Å². The van der Waals surface area contributed by atoms with Crippen LogP contribution >= 0.6 is 0 Å². The lowest BCUT2D eigenvalue weighted by Gasteiger charge is -2.42. The van der Waals surface area contributed by atoms with Crippen LogP contribution in [0.2, 0.25) is 0 Å². The molecule has 0 amide bonds. The van der Waals surface area contributed by atoms with Gasteiger partial charge in [-0.15, -0.1) is 0 Å². The van der Waals surface area contributed by atoms with Crippen molar-refractivity contribution in [1.82, 2.24) is 0 Å². The molecule has 0 aromatic rings. The quantitative estimate of drug-likeness (QED) is 0.587. The van der Waals surface area contributed by atoms with Crippen molar-refractivity contribution in [2.24, 2.45) is 17.8 Å². The Morgan fingerprint density at radius 3 is 2.00 bits per heavy atom. The number of hydrogen-bond donors (Lipinski definition) is 0. The van der Waals surface area contributed by atoms with Crippen molar-refractivity contribution >= 4 is 0 Å². The Hall–Kier alpha value is -0.0400. The topological polar surface area (TPSA) is 9.23 Å². The van der Waals surface area contributed by atoms with E-state index >= 15 is 0 Å². The van der Waals surface area contributed by atoms with E-state index in [2.05, 4.69) is 34.6 Å². The molecule has 1 saturated heterocycles. The van der Waals surface area contributed by atoms with Gasteiger partial charge in [-0.1, -0.05) is 27.7 Å². The molecule has 0 bridgehead atoms. The molecule has 72 valence electrons. The molecular formula is C11H22O. The second-order valence-electron chi connectivity index (χ2n) is 4.37. The fourth-order valence-electron chi connectivity index (χ4n) is 2.24. The van der Waals surface area contributed by atoms with Crippen LogP contribution < -0.4 is 0 Å². The third-order valence-corrected chi connectivity index (χ3v) is 3.78. The molecular weight excluding hydrogens is 148 g/mol. The summed E-state index contributed by atoms with van der Waals surface area (Å²) in [6, 6.07) is 0. The number of hydrogen-bond acceptors (Lipinski definition) is 1. The minimum atomic E-state index is 0.446. The summed E-state index contributed by atoms with van der Waals surface area (Å²) in [6.07, 6.45) is 2.09. The monoisotopic (exact) mass is 170 g/mol. The molecule has 1 fully saturated rings. The summed E-state index contributed by atoms with van der Waals surface area (Å²) in [5.74, 6) is 2.24. The third-order valence-electron chi connectivity index (χ3n) is 3.78. The molecule has 1 aliphatic heterocycles. The van der Waals surface area contributed by atoms with Crippen molar-refractivity contribution in [2.75, 3.05) is 0 Å². The van der Waals surface area contributed by atoms with Crippen LogP contribution in [0.5, 0.6) is 0 Å². The van der Waals surface area contributed by atoms with E-state index in [4.69, 9.17) is 4.74 Å². The SMILES string of the molecule is CCC1OC(C)C(C)[C@H](C)[C@H]1C. The highest BCUT2D eigenvalue weighted by molar-refractivity contribution is 4.83. The molecule has 1 rings (SSSR count). The second kappa shape index (κ2) is 3.78. The largest absolute Gasteiger partial charge is 0.375 e. The van der Waals surface area contributed by atoms with E-state index in [0.717, 1.165) is 18.3 Å². The summed E-state index contributed by atoms with van der Waals surface area (Å²) < 4.78 is 5.93. The van der Waals surface area contributed by atoms with Gasteiger partial charge in [0, 0.05) is 0 Å². The number of ether oxygens (including phenoxy) is 1. The first-order valence-corrected chi connectivity index (χ1v) is 5.23. The van der Waals surface area contributed by atoms with Gasteiger partial charge in [-0.2, -0.15) is 0 Å². The maximum absolute atomic E-state index is 5.93. The van der Waals surface area contributed by atoms with Crippen LogP contribution in [0.1, 0.15) is 41.0 Å². The molecule has 0 aromatic heterocycles. The normalized spacial score (nSPS) is 49.2. The zero-order chi connectivity index (χ0) is 9.30. The summed E-state index contributed by atoms with van der Waals surface area (Å²) in [7, 11) is 0. The predicted molar refractivity (Wildman–Crippen MR) is 52.1 cm³/mol. The van der Waals surface area contributed by atoms with E-state index in [-0.39, 0.29) is 0 Å². The van der Waals surface area contributed by atoms with Gasteiger partial charge in [0.1, 0.15) is 0 Å². The van der Waals surface area contributed by atoms with Crippen molar-refractivity contribution in [3.05, 3.63) is 0 Å². The van der Waals surface area contributed by atoms with Gasteiger partial charge in [-0.25, -0.2) is 0 Å². The lowest BCUT2D eigenvalue weighted by atomic mass is 9.76. The second-order valence-corrected chi connectivity index (χ2v) is 4.37. The molecule has 3 unspecified atom stereocenters. The first-order chi connectivity index (χ1) is 5.57. The summed E-state index contributed by atoms with van der Waals surface area (Å²) in [4.78, 5) is 0. The summed E-state index contributed by atoms with van der Waals surface area (Å²) in [6.45, 7) is 11.4. The third kappa shape index (κ3) is 1.66. The Bertz CT molecular complexity index is 139. The van der Waals surface area contributed by atoms with Gasteiger partial charge < -0.3 is 4.74 Å². The molecule has 0 radical (unpaired) electrons. The van der Waals surface area contributed by atoms with Crippen molar-refractivity contribution in [2.45, 2.75) is 53.2 Å². The van der Waals surface area contributed by atoms with Crippen molar-refractivity contribution in [3.8, 4) is 0 Å². The maximum Gasteiger partial charge on any atom is 0.0604 e. The highest BCUT2D eigenvalue weighted by Gasteiger charge is 2.35. The van der Waals surface area contributed by atoms with Crippen molar-refractivity contribution < 1.29 is 4.74 Å². The minimum absolute atomic E-state index is 0.446. The zero-order valence-electron chi connectivity index (χ0n) is 9.00. The predicted octanol–water partition coefficient (Wildman–Crippen LogP) is 3.09. The van der Waals surface area contributed by atoms with E-state index in [0.29, 0.717) is 18.1 Å². The van der Waals surface area contributed by atoms with E-state index in [9.17, 15) is 0 Å². The fraction of sp³-hybridized carbons (Fsp3) is 1.00. The van der Waals surface area contributed by atoms with E-state index < -0.39 is 0 Å². The smallest absolute Gasteiger partial charge is 0.0604 e. The van der Waals surface area contributed by atoms with Crippen LogP contribution in [0, 0.1) is 17.8 Å². The van der Waals surface area contributed by atoms with Gasteiger partial charge in [0.2, 0.25) is 0 Å². The summed E-state index contributed by atoms with van der Waals surface area (Å²) >= 11 is 0. The molecule has 12 heavy (non-hydrogen) atoms. The average Bonchev–Trinajstić information content (AvgIpc) is 2.08. The molecule has 1 aliphatic rings. The lowest BCUT2D eigenvalue weighted by Crippen LogP contribution is -2.42. The molecule has 0 N–H and O–H groups in total. The highest BCUT2D eigenvalue weighted by Crippen LogP contribution is 2.35. The zero-order valence-corrected chi connectivity index (χ0v) is 9.00. The van der Waals surface area contributed by atoms with Gasteiger partial charge >= 0.3 is 0 Å². The van der Waals surface area contributed by atoms with Gasteiger partial charge in [0.05, 0.1) is 12.2 Å². The number of rotatable bonds is 1. The van der Waals surface area contributed by atoms with Crippen LogP contribution in [0.4, 0.5) is 0 Å². The Kier molecular flexibility index (Phi) is 3.16. The van der Waals surface area contributed by atoms with E-state index in [1.165, 1.54) is 0 Å². The van der Waals surface area contributed by atoms with Gasteiger partial charge in [0.15, 0.2) is 0 Å². The first kappa shape index (κ1) is 10.0. The van der Waals surface area contributed by atoms with E-state index in [1.54, 1.807) is 0 Å². The molecule has 1 nitrogen and oxygen atoms in total. The minimum Gasteiger partial charge on any atom is -0.375 e. The highest BCUT2D eigenvalue weighted by atomic mass is 16.5. The Morgan fingerprint density at radius 2 is 1.50 bits per heavy atom. The van der Waals surface area contributed by atoms with Crippen LogP contribution in [0.25, 0.3) is 0 Å². The lowest BCUT2D eigenvalue weighted by molar-refractivity contribution is -0.125. The molecule has 1 heterocycles. The van der Waals surface area contributed by atoms with Crippen molar-refractivity contribution in [1.29, 1.82) is 0 Å². The Balaban J connectivity index is 2.63.